The predicted molar refractivity (Wildman–Crippen MR) is 133 cm³/mol. The fourth-order valence-corrected chi connectivity index (χ4v) is 4.37. The van der Waals surface area contributed by atoms with Gasteiger partial charge in [0.05, 0.1) is 29.9 Å². The van der Waals surface area contributed by atoms with E-state index in [1.807, 2.05) is 0 Å². The van der Waals surface area contributed by atoms with Gasteiger partial charge < -0.3 is 24.1 Å². The number of carboxylic acid groups (broad SMARTS) is 1. The van der Waals surface area contributed by atoms with E-state index in [1.165, 1.54) is 6.07 Å². The van der Waals surface area contributed by atoms with Crippen molar-refractivity contribution in [2.75, 3.05) is 13.7 Å². The largest absolute Gasteiger partial charge is 0.506 e. The van der Waals surface area contributed by atoms with Crippen molar-refractivity contribution < 1.29 is 33.7 Å². The molecule has 2 aromatic carbocycles. The van der Waals surface area contributed by atoms with E-state index in [1.54, 1.807) is 74.7 Å². The highest BCUT2D eigenvalue weighted by molar-refractivity contribution is 8.18. The predicted octanol–water partition coefficient (Wildman–Crippen LogP) is 5.85. The van der Waals surface area contributed by atoms with Gasteiger partial charge in [0.2, 0.25) is 0 Å². The lowest BCUT2D eigenvalue weighted by Crippen LogP contribution is -2.12. The molecule has 8 nitrogen and oxygen atoms in total. The maximum Gasteiger partial charge on any atom is 0.344 e. The van der Waals surface area contributed by atoms with E-state index in [4.69, 9.17) is 13.9 Å². The summed E-state index contributed by atoms with van der Waals surface area (Å²) in [6.07, 6.45) is 1.56. The van der Waals surface area contributed by atoms with Crippen LogP contribution in [-0.2, 0) is 9.53 Å². The van der Waals surface area contributed by atoms with Gasteiger partial charge in [-0.1, -0.05) is 30.0 Å². The molecule has 0 spiro atoms. The summed E-state index contributed by atoms with van der Waals surface area (Å²) in [5.74, 6) is -0.645. The Morgan fingerprint density at radius 3 is 2.51 bits per heavy atom. The highest BCUT2D eigenvalue weighted by atomic mass is 32.2. The third-order valence-corrected chi connectivity index (χ3v) is 6.02. The van der Waals surface area contributed by atoms with Crippen LogP contribution in [0.15, 0.2) is 86.3 Å². The number of furan rings is 1. The number of ether oxygens (including phenoxy) is 2. The number of carbonyl (C=O) groups is 2. The van der Waals surface area contributed by atoms with E-state index >= 15 is 0 Å². The molecule has 2 heterocycles. The van der Waals surface area contributed by atoms with Gasteiger partial charge in [-0.2, -0.15) is 0 Å². The minimum Gasteiger partial charge on any atom is -0.506 e. The number of aliphatic hydroxyl groups excluding tert-OH is 1. The number of thioether (sulfide) groups is 1. The van der Waals surface area contributed by atoms with E-state index in [9.17, 15) is 19.8 Å². The Bertz CT molecular complexity index is 1370. The molecule has 0 radical (unpaired) electrons. The van der Waals surface area contributed by atoms with Gasteiger partial charge in [0.15, 0.2) is 0 Å². The molecular formula is C26H21NO7S. The summed E-state index contributed by atoms with van der Waals surface area (Å²) in [5, 5.41) is 20.6. The van der Waals surface area contributed by atoms with Crippen molar-refractivity contribution >= 4 is 40.5 Å². The lowest BCUT2D eigenvalue weighted by molar-refractivity contribution is -0.138. The SMILES string of the molecule is CCOC(=O)C1=C(O)/C(=C/c2ccc(-c3ccccc3C(=O)O)o2)SC1=Nc1ccc(OC)cc1. The summed E-state index contributed by atoms with van der Waals surface area (Å²) >= 11 is 1.09. The second kappa shape index (κ2) is 10.4. The number of carbonyl (C=O) groups excluding carboxylic acids is 1. The smallest absolute Gasteiger partial charge is 0.344 e. The summed E-state index contributed by atoms with van der Waals surface area (Å²) < 4.78 is 16.1. The van der Waals surface area contributed by atoms with Crippen molar-refractivity contribution in [3.05, 3.63) is 88.2 Å². The number of hydrogen-bond acceptors (Lipinski definition) is 8. The number of carboxylic acids is 1. The van der Waals surface area contributed by atoms with Crippen LogP contribution in [0, 0.1) is 0 Å². The molecule has 178 valence electrons. The van der Waals surface area contributed by atoms with Gasteiger partial charge in [-0.15, -0.1) is 0 Å². The molecule has 0 atom stereocenters. The zero-order chi connectivity index (χ0) is 24.9. The van der Waals surface area contributed by atoms with Gasteiger partial charge in [0.1, 0.15) is 33.6 Å². The number of aliphatic hydroxyl groups is 1. The van der Waals surface area contributed by atoms with Crippen LogP contribution in [0.3, 0.4) is 0 Å². The summed E-state index contributed by atoms with van der Waals surface area (Å²) in [4.78, 5) is 29.0. The summed E-state index contributed by atoms with van der Waals surface area (Å²) in [6.45, 7) is 1.81. The zero-order valence-electron chi connectivity index (χ0n) is 18.8. The Labute approximate surface area is 205 Å². The molecule has 0 aliphatic carbocycles. The summed E-state index contributed by atoms with van der Waals surface area (Å²) in [7, 11) is 1.56. The molecule has 0 fully saturated rings. The molecule has 9 heteroatoms. The number of aromatic carboxylic acids is 1. The van der Waals surface area contributed by atoms with Crippen molar-refractivity contribution in [2.24, 2.45) is 4.99 Å². The normalized spacial score (nSPS) is 15.6. The van der Waals surface area contributed by atoms with Crippen LogP contribution in [0.1, 0.15) is 23.0 Å². The minimum atomic E-state index is -1.07. The molecule has 4 rings (SSSR count). The Kier molecular flexibility index (Phi) is 7.07. The van der Waals surface area contributed by atoms with E-state index in [-0.39, 0.29) is 28.5 Å². The molecule has 2 N–H and O–H groups in total. The van der Waals surface area contributed by atoms with Gasteiger partial charge in [0, 0.05) is 5.56 Å². The number of rotatable bonds is 7. The fraction of sp³-hybridized carbons (Fsp3) is 0.115. The van der Waals surface area contributed by atoms with Crippen molar-refractivity contribution in [3.8, 4) is 17.1 Å². The fourth-order valence-electron chi connectivity index (χ4n) is 3.35. The first-order valence-electron chi connectivity index (χ1n) is 10.6. The first kappa shape index (κ1) is 23.9. The van der Waals surface area contributed by atoms with Crippen LogP contribution in [0.25, 0.3) is 17.4 Å². The Hall–Kier alpha value is -4.24. The molecule has 1 aliphatic heterocycles. The molecule has 0 saturated carbocycles. The monoisotopic (exact) mass is 491 g/mol. The van der Waals surface area contributed by atoms with Crippen LogP contribution in [0.2, 0.25) is 0 Å². The average Bonchev–Trinajstić information content (AvgIpc) is 3.44. The summed E-state index contributed by atoms with van der Waals surface area (Å²) in [6, 6.07) is 16.7. The lowest BCUT2D eigenvalue weighted by Gasteiger charge is -2.04. The topological polar surface area (TPSA) is 119 Å². The quantitative estimate of drug-likeness (QED) is 0.395. The molecule has 3 aromatic rings. The van der Waals surface area contributed by atoms with Crippen molar-refractivity contribution in [1.82, 2.24) is 0 Å². The van der Waals surface area contributed by atoms with Gasteiger partial charge in [0.25, 0.3) is 0 Å². The summed E-state index contributed by atoms with van der Waals surface area (Å²) in [5.41, 5.74) is 1.06. The van der Waals surface area contributed by atoms with Crippen LogP contribution in [0.4, 0.5) is 5.69 Å². The van der Waals surface area contributed by atoms with E-state index in [0.717, 1.165) is 11.8 Å². The number of nitrogens with zero attached hydrogens (tertiary/aromatic N) is 1. The van der Waals surface area contributed by atoms with E-state index < -0.39 is 11.9 Å². The third-order valence-electron chi connectivity index (χ3n) is 5.00. The van der Waals surface area contributed by atoms with E-state index in [2.05, 4.69) is 4.99 Å². The van der Waals surface area contributed by atoms with E-state index in [0.29, 0.717) is 33.4 Å². The van der Waals surface area contributed by atoms with Gasteiger partial charge in [-0.05, 0) is 55.5 Å². The molecule has 0 bridgehead atoms. The molecule has 35 heavy (non-hydrogen) atoms. The maximum absolute atomic E-state index is 12.6. The lowest BCUT2D eigenvalue weighted by atomic mass is 10.1. The molecular weight excluding hydrogens is 470 g/mol. The van der Waals surface area contributed by atoms with Gasteiger partial charge in [-0.3, -0.25) is 0 Å². The van der Waals surface area contributed by atoms with Gasteiger partial charge in [-0.25, -0.2) is 14.6 Å². The van der Waals surface area contributed by atoms with Crippen LogP contribution in [0.5, 0.6) is 5.75 Å². The maximum atomic E-state index is 12.6. The first-order valence-corrected chi connectivity index (χ1v) is 11.4. The van der Waals surface area contributed by atoms with Gasteiger partial charge >= 0.3 is 11.9 Å². The molecule has 0 unspecified atom stereocenters. The van der Waals surface area contributed by atoms with Crippen LogP contribution >= 0.6 is 11.8 Å². The standard InChI is InChI=1S/C26H21NO7S/c1-3-33-26(31)22-23(28)21(35-24(22)27-15-8-10-16(32-2)11-9-15)14-17-12-13-20(34-17)18-6-4-5-7-19(18)25(29)30/h4-14,28H,3H2,1-2H3,(H,29,30)/b21-14-,27-24?. The Balaban J connectivity index is 1.70. The molecule has 0 saturated heterocycles. The van der Waals surface area contributed by atoms with Crippen molar-refractivity contribution in [2.45, 2.75) is 6.92 Å². The number of benzene rings is 2. The number of aliphatic imine (C=N–C) groups is 1. The average molecular weight is 492 g/mol. The second-order valence-electron chi connectivity index (χ2n) is 7.22. The third kappa shape index (κ3) is 5.15. The van der Waals surface area contributed by atoms with Crippen LogP contribution in [-0.4, -0.2) is 40.9 Å². The number of methoxy groups -OCH3 is 1. The molecule has 1 aliphatic rings. The zero-order valence-corrected chi connectivity index (χ0v) is 19.7. The molecule has 0 amide bonds. The Morgan fingerprint density at radius 2 is 1.83 bits per heavy atom. The van der Waals surface area contributed by atoms with Crippen molar-refractivity contribution in [3.63, 3.8) is 0 Å². The number of hydrogen-bond donors (Lipinski definition) is 2. The second-order valence-corrected chi connectivity index (χ2v) is 8.25. The Morgan fingerprint density at radius 1 is 1.09 bits per heavy atom. The highest BCUT2D eigenvalue weighted by Gasteiger charge is 2.33. The highest BCUT2D eigenvalue weighted by Crippen LogP contribution is 2.41. The van der Waals surface area contributed by atoms with Crippen LogP contribution < -0.4 is 4.74 Å². The minimum absolute atomic E-state index is 0.0399. The molecule has 1 aromatic heterocycles. The number of esters is 1. The first-order chi connectivity index (χ1) is 16.9. The van der Waals surface area contributed by atoms with Crippen molar-refractivity contribution in [1.29, 1.82) is 0 Å².